The van der Waals surface area contributed by atoms with E-state index in [0.717, 1.165) is 19.0 Å². The van der Waals surface area contributed by atoms with Gasteiger partial charge in [0.05, 0.1) is 0 Å². The molecule has 1 saturated carbocycles. The van der Waals surface area contributed by atoms with Crippen LogP contribution in [0.25, 0.3) is 0 Å². The van der Waals surface area contributed by atoms with Crippen molar-refractivity contribution >= 4 is 0 Å². The Bertz CT molecular complexity index is 344. The van der Waals surface area contributed by atoms with E-state index in [1.165, 1.54) is 25.7 Å². The highest BCUT2D eigenvalue weighted by Crippen LogP contribution is 2.25. The van der Waals surface area contributed by atoms with Gasteiger partial charge in [-0.3, -0.25) is 9.13 Å². The van der Waals surface area contributed by atoms with E-state index < -0.39 is 0 Å². The molecule has 1 aromatic rings. The Hall–Kier alpha value is -0.990. The van der Waals surface area contributed by atoms with Crippen molar-refractivity contribution < 1.29 is 0 Å². The quantitative estimate of drug-likeness (QED) is 0.721. The SMILES string of the molecule is CCn1ccn(CC2CCCC2)c1=O. The highest BCUT2D eigenvalue weighted by atomic mass is 16.1. The smallest absolute Gasteiger partial charge is 0.300 e. The van der Waals surface area contributed by atoms with E-state index >= 15 is 0 Å². The predicted octanol–water partition coefficient (Wildman–Crippen LogP) is 1.86. The van der Waals surface area contributed by atoms with Gasteiger partial charge in [0.1, 0.15) is 0 Å². The van der Waals surface area contributed by atoms with Gasteiger partial charge in [-0.1, -0.05) is 12.8 Å². The lowest BCUT2D eigenvalue weighted by Gasteiger charge is -2.08. The molecule has 78 valence electrons. The third kappa shape index (κ3) is 1.76. The highest BCUT2D eigenvalue weighted by molar-refractivity contribution is 4.82. The minimum Gasteiger partial charge on any atom is -0.300 e. The Labute approximate surface area is 84.4 Å². The van der Waals surface area contributed by atoms with Crippen molar-refractivity contribution in [3.63, 3.8) is 0 Å². The van der Waals surface area contributed by atoms with Gasteiger partial charge in [0.25, 0.3) is 0 Å². The molecule has 0 aromatic carbocycles. The molecule has 0 aliphatic heterocycles. The predicted molar refractivity (Wildman–Crippen MR) is 56.3 cm³/mol. The summed E-state index contributed by atoms with van der Waals surface area (Å²) in [6.07, 6.45) is 9.08. The van der Waals surface area contributed by atoms with Crippen LogP contribution in [0.15, 0.2) is 17.2 Å². The Kier molecular flexibility index (Phi) is 2.75. The molecule has 1 aliphatic carbocycles. The van der Waals surface area contributed by atoms with Crippen molar-refractivity contribution in [1.82, 2.24) is 9.13 Å². The van der Waals surface area contributed by atoms with Gasteiger partial charge in [0.15, 0.2) is 0 Å². The number of hydrogen-bond acceptors (Lipinski definition) is 1. The van der Waals surface area contributed by atoms with Crippen molar-refractivity contribution in [3.05, 3.63) is 22.9 Å². The van der Waals surface area contributed by atoms with Gasteiger partial charge < -0.3 is 0 Å². The van der Waals surface area contributed by atoms with Crippen LogP contribution in [0, 0.1) is 5.92 Å². The van der Waals surface area contributed by atoms with Crippen LogP contribution in [0.3, 0.4) is 0 Å². The minimum atomic E-state index is 0.152. The van der Waals surface area contributed by atoms with Gasteiger partial charge in [-0.25, -0.2) is 4.79 Å². The molecular formula is C11H18N2O. The second-order valence-electron chi connectivity index (χ2n) is 4.17. The molecule has 0 bridgehead atoms. The van der Waals surface area contributed by atoms with E-state index in [9.17, 15) is 4.79 Å². The summed E-state index contributed by atoms with van der Waals surface area (Å²) in [5.74, 6) is 0.736. The molecule has 3 heteroatoms. The molecule has 2 rings (SSSR count). The number of rotatable bonds is 3. The number of nitrogens with zero attached hydrogens (tertiary/aromatic N) is 2. The highest BCUT2D eigenvalue weighted by Gasteiger charge is 2.16. The van der Waals surface area contributed by atoms with Crippen LogP contribution >= 0.6 is 0 Å². The van der Waals surface area contributed by atoms with Gasteiger partial charge in [-0.15, -0.1) is 0 Å². The third-order valence-electron chi connectivity index (χ3n) is 3.19. The number of imidazole rings is 1. The average molecular weight is 194 g/mol. The monoisotopic (exact) mass is 194 g/mol. The number of aromatic nitrogens is 2. The molecular weight excluding hydrogens is 176 g/mol. The largest absolute Gasteiger partial charge is 0.328 e. The molecule has 0 N–H and O–H groups in total. The minimum absolute atomic E-state index is 0.152. The van der Waals surface area contributed by atoms with E-state index in [1.807, 2.05) is 23.9 Å². The summed E-state index contributed by atoms with van der Waals surface area (Å²) in [6, 6.07) is 0. The normalized spacial score (nSPS) is 17.8. The lowest BCUT2D eigenvalue weighted by Crippen LogP contribution is -2.25. The molecule has 0 spiro atoms. The lowest BCUT2D eigenvalue weighted by atomic mass is 10.1. The summed E-state index contributed by atoms with van der Waals surface area (Å²) in [6.45, 7) is 3.70. The lowest BCUT2D eigenvalue weighted by molar-refractivity contribution is 0.444. The first kappa shape index (κ1) is 9.56. The summed E-state index contributed by atoms with van der Waals surface area (Å²) in [5, 5.41) is 0. The van der Waals surface area contributed by atoms with E-state index in [1.54, 1.807) is 4.57 Å². The molecule has 0 saturated heterocycles. The van der Waals surface area contributed by atoms with Gasteiger partial charge in [-0.05, 0) is 25.7 Å². The Balaban J connectivity index is 2.08. The van der Waals surface area contributed by atoms with Crippen LogP contribution in [0.2, 0.25) is 0 Å². The zero-order chi connectivity index (χ0) is 9.97. The first-order chi connectivity index (χ1) is 6.81. The standard InChI is InChI=1S/C11H18N2O/c1-2-12-7-8-13(11(12)14)9-10-5-3-4-6-10/h7-8,10H,2-6,9H2,1H3. The fraction of sp³-hybridized carbons (Fsp3) is 0.727. The van der Waals surface area contributed by atoms with Crippen molar-refractivity contribution in [3.8, 4) is 0 Å². The fourth-order valence-corrected chi connectivity index (χ4v) is 2.30. The Morgan fingerprint density at radius 2 is 1.93 bits per heavy atom. The third-order valence-corrected chi connectivity index (χ3v) is 3.19. The first-order valence-corrected chi connectivity index (χ1v) is 5.57. The van der Waals surface area contributed by atoms with Gasteiger partial charge in [0, 0.05) is 25.5 Å². The van der Waals surface area contributed by atoms with Crippen LogP contribution < -0.4 is 5.69 Å². The summed E-state index contributed by atoms with van der Waals surface area (Å²) in [7, 11) is 0. The van der Waals surface area contributed by atoms with E-state index in [2.05, 4.69) is 0 Å². The van der Waals surface area contributed by atoms with Crippen molar-refractivity contribution in [1.29, 1.82) is 0 Å². The van der Waals surface area contributed by atoms with Crippen LogP contribution in [0.4, 0.5) is 0 Å². The summed E-state index contributed by atoms with van der Waals surface area (Å²) in [4.78, 5) is 11.7. The second kappa shape index (κ2) is 4.03. The number of aryl methyl sites for hydroxylation is 1. The van der Waals surface area contributed by atoms with Crippen molar-refractivity contribution in [2.24, 2.45) is 5.92 Å². The molecule has 3 nitrogen and oxygen atoms in total. The van der Waals surface area contributed by atoms with Crippen LogP contribution in [-0.4, -0.2) is 9.13 Å². The maximum atomic E-state index is 11.7. The molecule has 0 radical (unpaired) electrons. The Morgan fingerprint density at radius 3 is 2.50 bits per heavy atom. The van der Waals surface area contributed by atoms with Crippen molar-refractivity contribution in [2.45, 2.75) is 45.7 Å². The Morgan fingerprint density at radius 1 is 1.29 bits per heavy atom. The zero-order valence-corrected chi connectivity index (χ0v) is 8.78. The fourth-order valence-electron chi connectivity index (χ4n) is 2.30. The van der Waals surface area contributed by atoms with Crippen LogP contribution in [-0.2, 0) is 13.1 Å². The van der Waals surface area contributed by atoms with Crippen LogP contribution in [0.1, 0.15) is 32.6 Å². The summed E-state index contributed by atoms with van der Waals surface area (Å²) in [5.41, 5.74) is 0.152. The van der Waals surface area contributed by atoms with Crippen LogP contribution in [0.5, 0.6) is 0 Å². The molecule has 0 amide bonds. The molecule has 0 atom stereocenters. The molecule has 1 aromatic heterocycles. The molecule has 14 heavy (non-hydrogen) atoms. The molecule has 1 aliphatic rings. The zero-order valence-electron chi connectivity index (χ0n) is 8.78. The maximum absolute atomic E-state index is 11.7. The average Bonchev–Trinajstić information content (AvgIpc) is 2.79. The second-order valence-corrected chi connectivity index (χ2v) is 4.17. The molecule has 1 heterocycles. The van der Waals surface area contributed by atoms with E-state index in [0.29, 0.717) is 0 Å². The van der Waals surface area contributed by atoms with E-state index in [-0.39, 0.29) is 5.69 Å². The van der Waals surface area contributed by atoms with Gasteiger partial charge >= 0.3 is 5.69 Å². The topological polar surface area (TPSA) is 26.9 Å². The van der Waals surface area contributed by atoms with Gasteiger partial charge in [-0.2, -0.15) is 0 Å². The molecule has 0 unspecified atom stereocenters. The summed E-state index contributed by atoms with van der Waals surface area (Å²) >= 11 is 0. The van der Waals surface area contributed by atoms with Crippen molar-refractivity contribution in [2.75, 3.05) is 0 Å². The van der Waals surface area contributed by atoms with E-state index in [4.69, 9.17) is 0 Å². The van der Waals surface area contributed by atoms with Gasteiger partial charge in [0.2, 0.25) is 0 Å². The summed E-state index contributed by atoms with van der Waals surface area (Å²) < 4.78 is 3.62. The molecule has 1 fully saturated rings. The maximum Gasteiger partial charge on any atom is 0.328 e. The number of hydrogen-bond donors (Lipinski definition) is 0. The first-order valence-electron chi connectivity index (χ1n) is 5.57.